The van der Waals surface area contributed by atoms with Crippen LogP contribution in [0, 0.1) is 40.9 Å². The van der Waals surface area contributed by atoms with E-state index in [1.165, 1.54) is 4.90 Å². The molecule has 2 N–H and O–H groups in total. The quantitative estimate of drug-likeness (QED) is 0.0557. The average Bonchev–Trinajstić information content (AvgIpc) is 3.61. The summed E-state index contributed by atoms with van der Waals surface area (Å²) < 4.78 is 78.8. The number of carbonyl (C=O) groups excluding carboxylic acids is 4. The van der Waals surface area contributed by atoms with E-state index in [1.54, 1.807) is 20.8 Å². The zero-order valence-corrected chi connectivity index (χ0v) is 30.3. The van der Waals surface area contributed by atoms with Crippen molar-refractivity contribution in [2.24, 2.45) is 11.8 Å². The van der Waals surface area contributed by atoms with Gasteiger partial charge in [0.05, 0.1) is 6.04 Å². The molecule has 1 fully saturated rings. The molecule has 1 aromatic carbocycles. The smallest absolute Gasteiger partial charge is 0.363 e. The van der Waals surface area contributed by atoms with Crippen molar-refractivity contribution >= 4 is 35.1 Å². The molecule has 5 atom stereocenters. The number of thiazole rings is 1. The fourth-order valence-corrected chi connectivity index (χ4v) is 6.49. The minimum Gasteiger partial charge on any atom is -0.444 e. The van der Waals surface area contributed by atoms with Crippen molar-refractivity contribution in [1.29, 1.82) is 0 Å². The van der Waals surface area contributed by atoms with Crippen LogP contribution in [-0.2, 0) is 19.1 Å². The van der Waals surface area contributed by atoms with Crippen LogP contribution in [0.3, 0.4) is 0 Å². The fourth-order valence-electron chi connectivity index (χ4n) is 5.70. The first-order chi connectivity index (χ1) is 24.0. The molecule has 11 nitrogen and oxygen atoms in total. The number of halogens is 5. The van der Waals surface area contributed by atoms with Crippen LogP contribution < -0.4 is 10.1 Å². The Labute approximate surface area is 297 Å². The number of ether oxygens (including phenoxy) is 2. The zero-order valence-electron chi connectivity index (χ0n) is 29.4. The number of piperidine rings is 1. The first-order valence-electron chi connectivity index (χ1n) is 16.9. The van der Waals surface area contributed by atoms with Gasteiger partial charge in [-0.15, -0.1) is 11.3 Å². The van der Waals surface area contributed by atoms with Crippen LogP contribution in [0.2, 0.25) is 0 Å². The number of aliphatic hydroxyl groups excluding tert-OH is 1. The third-order valence-corrected chi connectivity index (χ3v) is 9.91. The van der Waals surface area contributed by atoms with E-state index in [2.05, 4.69) is 15.0 Å². The number of nitrogens with zero attached hydrogens (tertiary/aromatic N) is 3. The number of hydrogen-bond acceptors (Lipinski definition) is 10. The van der Waals surface area contributed by atoms with Crippen molar-refractivity contribution in [3.8, 4) is 5.75 Å². The molecule has 1 unspecified atom stereocenters. The summed E-state index contributed by atoms with van der Waals surface area (Å²) in [4.78, 5) is 60.1. The van der Waals surface area contributed by atoms with E-state index in [-0.39, 0.29) is 35.6 Å². The molecule has 3 rings (SSSR count). The molecule has 0 radical (unpaired) electrons. The second kappa shape index (κ2) is 18.7. The maximum atomic E-state index is 14.4. The number of esters is 2. The minimum absolute atomic E-state index is 0.0903. The number of likely N-dealkylation sites (N-methyl/N-ethyl adjacent to an activating group) is 1. The molecule has 0 bridgehead atoms. The number of aromatic nitrogens is 1. The standard InChI is InChI=1S/C34H45F5N4O7S/c1-7-11-23(45)49-16-43(33(47)29(18(5)8-2)41-31(46)20-12-9-10-13-42(20)6)21(17(3)4)14-22(44)32-40-19(15-51-32)34(48)50-30-27(38)25(36)24(35)26(37)28(30)39/h15,17-18,20-22,29,44H,7-14,16H2,1-6H3,(H,41,46)/t18?,20-,21-,22-,29+/m1/s1. The average molecular weight is 749 g/mol. The van der Waals surface area contributed by atoms with E-state index in [1.807, 2.05) is 25.8 Å². The second-order valence-electron chi connectivity index (χ2n) is 13.0. The van der Waals surface area contributed by atoms with Gasteiger partial charge in [-0.25, -0.2) is 22.9 Å². The predicted molar refractivity (Wildman–Crippen MR) is 176 cm³/mol. The molecule has 1 aromatic heterocycles. The van der Waals surface area contributed by atoms with Crippen LogP contribution in [0.1, 0.15) is 101 Å². The van der Waals surface area contributed by atoms with E-state index in [9.17, 15) is 46.2 Å². The normalized spacial score (nSPS) is 17.4. The van der Waals surface area contributed by atoms with Gasteiger partial charge in [0.1, 0.15) is 17.2 Å². The van der Waals surface area contributed by atoms with Crippen LogP contribution in [0.25, 0.3) is 0 Å². The first kappa shape index (κ1) is 41.7. The summed E-state index contributed by atoms with van der Waals surface area (Å²) in [7, 11) is 1.85. The number of hydrogen-bond donors (Lipinski definition) is 2. The number of amides is 2. The second-order valence-corrected chi connectivity index (χ2v) is 13.9. The van der Waals surface area contributed by atoms with Crippen molar-refractivity contribution in [1.82, 2.24) is 20.1 Å². The molecule has 2 heterocycles. The summed E-state index contributed by atoms with van der Waals surface area (Å²) in [6.07, 6.45) is 1.93. The van der Waals surface area contributed by atoms with Gasteiger partial charge in [0.2, 0.25) is 46.6 Å². The largest absolute Gasteiger partial charge is 0.444 e. The number of aliphatic hydroxyl groups is 1. The Morgan fingerprint density at radius 1 is 1.04 bits per heavy atom. The molecule has 284 valence electrons. The van der Waals surface area contributed by atoms with Crippen LogP contribution in [0.4, 0.5) is 22.0 Å². The monoisotopic (exact) mass is 748 g/mol. The van der Waals surface area contributed by atoms with Gasteiger partial charge in [-0.05, 0) is 44.7 Å². The van der Waals surface area contributed by atoms with Gasteiger partial charge in [0, 0.05) is 24.3 Å². The Hall–Kier alpha value is -3.70. The maximum Gasteiger partial charge on any atom is 0.363 e. The van der Waals surface area contributed by atoms with Gasteiger partial charge in [-0.2, -0.15) is 8.78 Å². The molecule has 0 saturated carbocycles. The lowest BCUT2D eigenvalue weighted by Gasteiger charge is -2.39. The Morgan fingerprint density at radius 3 is 2.24 bits per heavy atom. The summed E-state index contributed by atoms with van der Waals surface area (Å²) in [5, 5.41) is 15.2. The van der Waals surface area contributed by atoms with Crippen LogP contribution in [0.5, 0.6) is 5.75 Å². The molecule has 2 aromatic rings. The van der Waals surface area contributed by atoms with Crippen LogP contribution in [-0.4, -0.2) is 82.1 Å². The van der Waals surface area contributed by atoms with Gasteiger partial charge in [-0.3, -0.25) is 19.3 Å². The van der Waals surface area contributed by atoms with Gasteiger partial charge in [0.15, 0.2) is 12.4 Å². The SMILES string of the molecule is CCCC(=O)OCN(C(=O)[C@@H](NC(=O)[C@H]1CCCCN1C)C(C)CC)[C@H](C[C@@H](O)c1nc(C(=O)Oc2c(F)c(F)c(F)c(F)c2F)cs1)C(C)C. The minimum atomic E-state index is -2.43. The van der Waals surface area contributed by atoms with Gasteiger partial charge < -0.3 is 24.8 Å². The lowest BCUT2D eigenvalue weighted by atomic mass is 9.92. The fraction of sp³-hybridized carbons (Fsp3) is 0.618. The molecule has 1 aliphatic heterocycles. The third kappa shape index (κ3) is 10.2. The van der Waals surface area contributed by atoms with E-state index in [4.69, 9.17) is 4.74 Å². The Balaban J connectivity index is 1.88. The number of likely N-dealkylation sites (tertiary alicyclic amines) is 1. The molecule has 51 heavy (non-hydrogen) atoms. The Bertz CT molecular complexity index is 1530. The highest BCUT2D eigenvalue weighted by Gasteiger charge is 2.39. The highest BCUT2D eigenvalue weighted by molar-refractivity contribution is 7.09. The van der Waals surface area contributed by atoms with Crippen LogP contribution >= 0.6 is 11.3 Å². The van der Waals surface area contributed by atoms with Gasteiger partial charge >= 0.3 is 11.9 Å². The lowest BCUT2D eigenvalue weighted by Crippen LogP contribution is -2.59. The Morgan fingerprint density at radius 2 is 1.67 bits per heavy atom. The number of nitrogens with one attached hydrogen (secondary N) is 1. The van der Waals surface area contributed by atoms with Gasteiger partial charge in [-0.1, -0.05) is 47.5 Å². The predicted octanol–water partition coefficient (Wildman–Crippen LogP) is 5.65. The van der Waals surface area contributed by atoms with Crippen LogP contribution in [0.15, 0.2) is 5.38 Å². The zero-order chi connectivity index (χ0) is 38.2. The van der Waals surface area contributed by atoms with Crippen molar-refractivity contribution in [2.45, 2.75) is 104 Å². The molecular formula is C34H45F5N4O7S. The number of benzene rings is 1. The molecule has 0 aliphatic carbocycles. The van der Waals surface area contributed by atoms with Crippen molar-refractivity contribution in [3.63, 3.8) is 0 Å². The van der Waals surface area contributed by atoms with E-state index < -0.39 is 89.3 Å². The summed E-state index contributed by atoms with van der Waals surface area (Å²) in [6.45, 7) is 9.28. The molecule has 2 amide bonds. The van der Waals surface area contributed by atoms with E-state index in [0.29, 0.717) is 19.3 Å². The summed E-state index contributed by atoms with van der Waals surface area (Å²) in [5.41, 5.74) is -0.590. The third-order valence-electron chi connectivity index (χ3n) is 8.97. The summed E-state index contributed by atoms with van der Waals surface area (Å²) in [5.74, 6) is -17.2. The van der Waals surface area contributed by atoms with Crippen molar-refractivity contribution < 1.29 is 55.7 Å². The van der Waals surface area contributed by atoms with Crippen molar-refractivity contribution in [3.05, 3.63) is 45.2 Å². The summed E-state index contributed by atoms with van der Waals surface area (Å²) >= 11 is 0.744. The number of rotatable bonds is 16. The lowest BCUT2D eigenvalue weighted by molar-refractivity contribution is -0.159. The highest BCUT2D eigenvalue weighted by Crippen LogP contribution is 2.32. The molecule has 17 heteroatoms. The van der Waals surface area contributed by atoms with Gasteiger partial charge in [0.25, 0.3) is 0 Å². The molecule has 1 saturated heterocycles. The first-order valence-corrected chi connectivity index (χ1v) is 17.7. The molecular weight excluding hydrogens is 703 g/mol. The summed E-state index contributed by atoms with van der Waals surface area (Å²) in [6, 6.07) is -2.23. The van der Waals surface area contributed by atoms with Crippen molar-refractivity contribution in [2.75, 3.05) is 20.3 Å². The highest BCUT2D eigenvalue weighted by atomic mass is 32.1. The maximum absolute atomic E-state index is 14.4. The van der Waals surface area contributed by atoms with E-state index >= 15 is 0 Å². The molecule has 1 aliphatic rings. The Kier molecular flexibility index (Phi) is 15.3. The topological polar surface area (TPSA) is 138 Å². The number of carbonyl (C=O) groups is 4. The van der Waals surface area contributed by atoms with E-state index in [0.717, 1.165) is 36.1 Å². The molecule has 0 spiro atoms.